The monoisotopic (exact) mass is 211 g/mol. The van der Waals surface area contributed by atoms with Crippen LogP contribution in [0.2, 0.25) is 0 Å². The van der Waals surface area contributed by atoms with Crippen LogP contribution in [0.15, 0.2) is 18.4 Å². The maximum Gasteiger partial charge on any atom is 0.502 e. The molecule has 0 N–H and O–H groups in total. The van der Waals surface area contributed by atoms with Crippen LogP contribution in [0.5, 0.6) is 0 Å². The zero-order chi connectivity index (χ0) is 11.3. The van der Waals surface area contributed by atoms with Gasteiger partial charge in [0.1, 0.15) is 5.82 Å². The quantitative estimate of drug-likeness (QED) is 0.564. The molecule has 0 fully saturated rings. The van der Waals surface area contributed by atoms with Gasteiger partial charge in [-0.2, -0.15) is 0 Å². The highest BCUT2D eigenvalue weighted by molar-refractivity contribution is 6.64. The van der Waals surface area contributed by atoms with E-state index in [1.165, 1.54) is 12.4 Å². The van der Waals surface area contributed by atoms with Gasteiger partial charge in [-0.05, 0) is 0 Å². The minimum atomic E-state index is -4.91. The van der Waals surface area contributed by atoms with Gasteiger partial charge in [0.05, 0.1) is 6.42 Å². The molecule has 0 aliphatic carbocycles. The third-order valence-corrected chi connectivity index (χ3v) is 1.49. The number of rotatable bonds is 3. The van der Waals surface area contributed by atoms with E-state index in [-0.39, 0.29) is 12.4 Å². The third-order valence-electron chi connectivity index (χ3n) is 1.49. The summed E-state index contributed by atoms with van der Waals surface area (Å²) in [5, 5.41) is 0. The Morgan fingerprint density at radius 1 is 1.33 bits per heavy atom. The normalized spacial score (nSPS) is 11.6. The molecule has 0 radical (unpaired) electrons. The van der Waals surface area contributed by atoms with Crippen molar-refractivity contribution >= 4 is 13.1 Å². The predicted octanol–water partition coefficient (Wildman–Crippen LogP) is 2.05. The molecule has 0 aliphatic heterocycles. The molecule has 15 heavy (non-hydrogen) atoms. The lowest BCUT2D eigenvalue weighted by Crippen LogP contribution is -2.09. The Morgan fingerprint density at radius 2 is 1.93 bits per heavy atom. The Kier molecular flexibility index (Phi) is 3.50. The zero-order valence-electron chi connectivity index (χ0n) is 7.70. The smallest absolute Gasteiger partial charge is 0.445 e. The van der Waals surface area contributed by atoms with E-state index in [9.17, 15) is 12.9 Å². The van der Waals surface area contributed by atoms with Crippen LogP contribution in [0, 0.1) is 12.3 Å². The van der Waals surface area contributed by atoms with Crippen LogP contribution in [0.4, 0.5) is 12.9 Å². The van der Waals surface area contributed by atoms with Gasteiger partial charge in [-0.25, -0.2) is 9.97 Å². The van der Waals surface area contributed by atoms with Gasteiger partial charge in [0.25, 0.3) is 0 Å². The number of nitrogens with zero attached hydrogens (tertiary/aromatic N) is 2. The summed E-state index contributed by atoms with van der Waals surface area (Å²) in [6, 6.07) is 0. The average molecular weight is 211 g/mol. The highest BCUT2D eigenvalue weighted by atomic mass is 19.4. The highest BCUT2D eigenvalue weighted by Gasteiger charge is 2.16. The van der Waals surface area contributed by atoms with Crippen LogP contribution in [0.3, 0.4) is 0 Å². The summed E-state index contributed by atoms with van der Waals surface area (Å²) in [5.74, 6) is 2.96. The molecule has 0 aliphatic rings. The highest BCUT2D eigenvalue weighted by Crippen LogP contribution is 2.11. The van der Waals surface area contributed by atoms with Crippen molar-refractivity contribution in [3.63, 3.8) is 0 Å². The van der Waals surface area contributed by atoms with Crippen LogP contribution in [0.1, 0.15) is 11.4 Å². The fraction of sp³-hybridized carbons (Fsp3) is 0.111. The topological polar surface area (TPSA) is 25.8 Å². The summed E-state index contributed by atoms with van der Waals surface area (Å²) in [6.07, 6.45) is 8.83. The minimum Gasteiger partial charge on any atom is -0.445 e. The van der Waals surface area contributed by atoms with Crippen molar-refractivity contribution in [2.75, 3.05) is 0 Å². The molecule has 78 valence electrons. The number of terminal acetylenes is 1. The summed E-state index contributed by atoms with van der Waals surface area (Å²) in [7, 11) is 0. The molecular formula is C9H7BF3N2-. The Bertz CT molecular complexity index is 389. The van der Waals surface area contributed by atoms with Gasteiger partial charge in [0.2, 0.25) is 0 Å². The van der Waals surface area contributed by atoms with Crippen LogP contribution in [-0.4, -0.2) is 16.9 Å². The van der Waals surface area contributed by atoms with E-state index in [0.29, 0.717) is 11.4 Å². The third kappa shape index (κ3) is 4.31. The standard InChI is InChI=1S/C9H7BF3N2/c1-2-3-9-14-6-8(7-15-9)4-5-10(11,12)13/h1,4-7H,3H2/q-1/b5-4+. The second-order valence-electron chi connectivity index (χ2n) is 2.80. The van der Waals surface area contributed by atoms with Crippen molar-refractivity contribution in [1.29, 1.82) is 0 Å². The van der Waals surface area contributed by atoms with E-state index < -0.39 is 6.98 Å². The van der Waals surface area contributed by atoms with E-state index in [4.69, 9.17) is 6.42 Å². The van der Waals surface area contributed by atoms with Gasteiger partial charge in [-0.1, -0.05) is 12.0 Å². The first kappa shape index (κ1) is 11.3. The molecule has 0 unspecified atom stereocenters. The van der Waals surface area contributed by atoms with Crippen LogP contribution >= 0.6 is 0 Å². The fourth-order valence-corrected chi connectivity index (χ4v) is 0.854. The predicted molar refractivity (Wildman–Crippen MR) is 52.7 cm³/mol. The molecule has 1 rings (SSSR count). The van der Waals surface area contributed by atoms with Crippen LogP contribution in [-0.2, 0) is 6.42 Å². The van der Waals surface area contributed by atoms with Gasteiger partial charge in [-0.15, -0.1) is 12.4 Å². The van der Waals surface area contributed by atoms with Gasteiger partial charge in [0.15, 0.2) is 0 Å². The summed E-state index contributed by atoms with van der Waals surface area (Å²) in [5.41, 5.74) is 0.301. The molecule has 1 heterocycles. The molecular weight excluding hydrogens is 204 g/mol. The summed E-state index contributed by atoms with van der Waals surface area (Å²) in [6.45, 7) is -4.91. The molecule has 1 aromatic heterocycles. The lowest BCUT2D eigenvalue weighted by atomic mass is 9.91. The van der Waals surface area contributed by atoms with E-state index in [1.54, 1.807) is 0 Å². The first-order valence-corrected chi connectivity index (χ1v) is 4.15. The minimum absolute atomic E-state index is 0.194. The lowest BCUT2D eigenvalue weighted by Gasteiger charge is -2.05. The van der Waals surface area contributed by atoms with Gasteiger partial charge < -0.3 is 12.9 Å². The maximum absolute atomic E-state index is 11.8. The van der Waals surface area contributed by atoms with Gasteiger partial charge in [-0.3, -0.25) is 0 Å². The van der Waals surface area contributed by atoms with Crippen molar-refractivity contribution in [1.82, 2.24) is 9.97 Å². The number of halogens is 3. The second-order valence-corrected chi connectivity index (χ2v) is 2.80. The van der Waals surface area contributed by atoms with Crippen molar-refractivity contribution in [3.8, 4) is 12.3 Å². The van der Waals surface area contributed by atoms with Gasteiger partial charge >= 0.3 is 6.98 Å². The SMILES string of the molecule is C#CCc1ncc(/C=C/[B-](F)(F)F)cn1. The molecule has 0 spiro atoms. The van der Waals surface area contributed by atoms with Crippen molar-refractivity contribution in [2.24, 2.45) is 0 Å². The van der Waals surface area contributed by atoms with E-state index in [0.717, 1.165) is 6.08 Å². The second kappa shape index (κ2) is 4.64. The number of aromatic nitrogens is 2. The molecule has 0 saturated heterocycles. The summed E-state index contributed by atoms with van der Waals surface area (Å²) >= 11 is 0. The fourth-order valence-electron chi connectivity index (χ4n) is 0.854. The Balaban J connectivity index is 2.74. The van der Waals surface area contributed by atoms with Crippen LogP contribution in [0.25, 0.3) is 6.08 Å². The summed E-state index contributed by atoms with van der Waals surface area (Å²) < 4.78 is 35.5. The zero-order valence-corrected chi connectivity index (χ0v) is 7.70. The molecule has 0 saturated carbocycles. The maximum atomic E-state index is 11.8. The Labute approximate surface area is 85.3 Å². The molecule has 0 atom stereocenters. The first-order valence-electron chi connectivity index (χ1n) is 4.15. The van der Waals surface area contributed by atoms with Crippen molar-refractivity contribution in [2.45, 2.75) is 6.42 Å². The van der Waals surface area contributed by atoms with Crippen LogP contribution < -0.4 is 0 Å². The molecule has 0 bridgehead atoms. The first-order chi connectivity index (χ1) is 7.01. The molecule has 1 aromatic rings. The number of hydrogen-bond donors (Lipinski definition) is 0. The molecule has 0 amide bonds. The van der Waals surface area contributed by atoms with Crippen molar-refractivity contribution in [3.05, 3.63) is 29.8 Å². The molecule has 6 heteroatoms. The van der Waals surface area contributed by atoms with E-state index >= 15 is 0 Å². The average Bonchev–Trinajstić information content (AvgIpc) is 2.16. The summed E-state index contributed by atoms with van der Waals surface area (Å²) in [4.78, 5) is 7.61. The van der Waals surface area contributed by atoms with Gasteiger partial charge in [0, 0.05) is 18.0 Å². The van der Waals surface area contributed by atoms with E-state index in [2.05, 4.69) is 15.9 Å². The molecule has 0 aromatic carbocycles. The Morgan fingerprint density at radius 3 is 2.40 bits per heavy atom. The van der Waals surface area contributed by atoms with E-state index in [1.807, 2.05) is 0 Å². The number of hydrogen-bond acceptors (Lipinski definition) is 2. The lowest BCUT2D eigenvalue weighted by molar-refractivity contribution is 0.499. The largest absolute Gasteiger partial charge is 0.502 e. The van der Waals surface area contributed by atoms with Crippen molar-refractivity contribution < 1.29 is 12.9 Å². The molecule has 2 nitrogen and oxygen atoms in total. The Hall–Kier alpha value is -1.77.